The fraction of sp³-hybridized carbons (Fsp3) is 0.389. The number of anilines is 1. The van der Waals surface area contributed by atoms with Gasteiger partial charge in [0.25, 0.3) is 0 Å². The van der Waals surface area contributed by atoms with Gasteiger partial charge in [-0.2, -0.15) is 5.10 Å². The lowest BCUT2D eigenvalue weighted by Crippen LogP contribution is -2.16. The molecule has 0 saturated carbocycles. The third-order valence-electron chi connectivity index (χ3n) is 4.57. The maximum atomic E-state index is 12.4. The molecule has 3 heterocycles. The maximum absolute atomic E-state index is 12.4. The minimum absolute atomic E-state index is 0.0864. The van der Waals surface area contributed by atoms with Crippen LogP contribution >= 0.6 is 11.3 Å². The molecule has 1 aromatic carbocycles. The molecule has 1 saturated heterocycles. The van der Waals surface area contributed by atoms with Crippen LogP contribution in [0.4, 0.5) is 5.13 Å². The molecule has 3 aromatic rings. The number of benzene rings is 1. The Morgan fingerprint density at radius 2 is 2.16 bits per heavy atom. The van der Waals surface area contributed by atoms with E-state index in [4.69, 9.17) is 4.74 Å². The average molecular weight is 356 g/mol. The molecule has 2 aromatic heterocycles. The van der Waals surface area contributed by atoms with Crippen LogP contribution in [-0.2, 0) is 23.0 Å². The van der Waals surface area contributed by atoms with E-state index in [0.29, 0.717) is 11.0 Å². The van der Waals surface area contributed by atoms with Crippen molar-refractivity contribution in [2.24, 2.45) is 7.05 Å². The minimum Gasteiger partial charge on any atom is -0.381 e. The van der Waals surface area contributed by atoms with Crippen LogP contribution in [0.5, 0.6) is 0 Å². The molecule has 130 valence electrons. The Kier molecular flexibility index (Phi) is 4.50. The lowest BCUT2D eigenvalue weighted by atomic mass is 9.98. The molecule has 25 heavy (non-hydrogen) atoms. The molecular weight excluding hydrogens is 336 g/mol. The van der Waals surface area contributed by atoms with Gasteiger partial charge >= 0.3 is 0 Å². The standard InChI is InChI=1S/C18H20N4O2S/c1-22-16-5-3-2-4-13(16)14(21-22)10-17(23)20-18-19-15(11-25-18)12-6-8-24-9-7-12/h2-5,11-12H,6-10H2,1H3,(H,19,20,23). The fourth-order valence-corrected chi connectivity index (χ4v) is 4.07. The normalized spacial score (nSPS) is 15.6. The summed E-state index contributed by atoms with van der Waals surface area (Å²) in [5, 5.41) is 11.1. The van der Waals surface area contributed by atoms with Gasteiger partial charge in [0.2, 0.25) is 5.91 Å². The summed E-state index contributed by atoms with van der Waals surface area (Å²) in [7, 11) is 1.89. The molecule has 1 aliphatic heterocycles. The summed E-state index contributed by atoms with van der Waals surface area (Å²) >= 11 is 1.48. The van der Waals surface area contributed by atoms with Crippen molar-refractivity contribution in [3.63, 3.8) is 0 Å². The summed E-state index contributed by atoms with van der Waals surface area (Å²) in [4.78, 5) is 17.0. The number of rotatable bonds is 4. The second-order valence-electron chi connectivity index (χ2n) is 6.28. The summed E-state index contributed by atoms with van der Waals surface area (Å²) in [5.74, 6) is 0.354. The Hall–Kier alpha value is -2.25. The Bertz CT molecular complexity index is 896. The first-order chi connectivity index (χ1) is 12.2. The average Bonchev–Trinajstić information content (AvgIpc) is 3.21. The molecule has 1 fully saturated rings. The van der Waals surface area contributed by atoms with Gasteiger partial charge in [0, 0.05) is 36.9 Å². The van der Waals surface area contributed by atoms with Crippen molar-refractivity contribution in [3.8, 4) is 0 Å². The number of para-hydroxylation sites is 1. The first kappa shape index (κ1) is 16.2. The number of thiazole rings is 1. The molecule has 0 aliphatic carbocycles. The number of hydrogen-bond acceptors (Lipinski definition) is 5. The molecule has 1 amide bonds. The zero-order valence-electron chi connectivity index (χ0n) is 14.1. The molecular formula is C18H20N4O2S. The number of aryl methyl sites for hydroxylation is 1. The Labute approximate surface area is 149 Å². The van der Waals surface area contributed by atoms with Crippen LogP contribution in [0.1, 0.15) is 30.1 Å². The fourth-order valence-electron chi connectivity index (χ4n) is 3.26. The highest BCUT2D eigenvalue weighted by Crippen LogP contribution is 2.29. The molecule has 0 unspecified atom stereocenters. The first-order valence-corrected chi connectivity index (χ1v) is 9.32. The second-order valence-corrected chi connectivity index (χ2v) is 7.13. The quantitative estimate of drug-likeness (QED) is 0.780. The van der Waals surface area contributed by atoms with E-state index in [1.54, 1.807) is 0 Å². The predicted octanol–water partition coefficient (Wildman–Crippen LogP) is 3.11. The number of fused-ring (bicyclic) bond motifs is 1. The van der Waals surface area contributed by atoms with E-state index in [2.05, 4.69) is 15.4 Å². The van der Waals surface area contributed by atoms with Gasteiger partial charge in [0.15, 0.2) is 5.13 Å². The van der Waals surface area contributed by atoms with E-state index < -0.39 is 0 Å². The molecule has 0 atom stereocenters. The lowest BCUT2D eigenvalue weighted by molar-refractivity contribution is -0.115. The van der Waals surface area contributed by atoms with Crippen LogP contribution in [0.2, 0.25) is 0 Å². The largest absolute Gasteiger partial charge is 0.381 e. The van der Waals surface area contributed by atoms with Crippen molar-refractivity contribution in [2.75, 3.05) is 18.5 Å². The van der Waals surface area contributed by atoms with Gasteiger partial charge in [-0.1, -0.05) is 18.2 Å². The van der Waals surface area contributed by atoms with E-state index in [-0.39, 0.29) is 12.3 Å². The van der Waals surface area contributed by atoms with Gasteiger partial charge in [-0.05, 0) is 18.9 Å². The van der Waals surface area contributed by atoms with Crippen molar-refractivity contribution in [3.05, 3.63) is 41.0 Å². The number of nitrogens with zero attached hydrogens (tertiary/aromatic N) is 3. The third kappa shape index (κ3) is 3.43. The Balaban J connectivity index is 1.44. The minimum atomic E-state index is -0.0864. The highest BCUT2D eigenvalue weighted by Gasteiger charge is 2.19. The van der Waals surface area contributed by atoms with Crippen molar-refractivity contribution in [2.45, 2.75) is 25.2 Å². The van der Waals surface area contributed by atoms with Gasteiger partial charge in [0.1, 0.15) is 0 Å². The topological polar surface area (TPSA) is 69.0 Å². The highest BCUT2D eigenvalue weighted by atomic mass is 32.1. The van der Waals surface area contributed by atoms with Crippen molar-refractivity contribution in [1.29, 1.82) is 0 Å². The molecule has 1 aliphatic rings. The van der Waals surface area contributed by atoms with E-state index in [9.17, 15) is 4.79 Å². The van der Waals surface area contributed by atoms with Crippen LogP contribution in [0.15, 0.2) is 29.6 Å². The Morgan fingerprint density at radius 1 is 1.36 bits per heavy atom. The van der Waals surface area contributed by atoms with Gasteiger partial charge < -0.3 is 10.1 Å². The van der Waals surface area contributed by atoms with E-state index in [1.807, 2.05) is 41.4 Å². The van der Waals surface area contributed by atoms with Crippen molar-refractivity contribution in [1.82, 2.24) is 14.8 Å². The van der Waals surface area contributed by atoms with E-state index in [0.717, 1.165) is 48.3 Å². The van der Waals surface area contributed by atoms with Crippen LogP contribution in [0.3, 0.4) is 0 Å². The summed E-state index contributed by atoms with van der Waals surface area (Å²) in [6, 6.07) is 7.94. The van der Waals surface area contributed by atoms with Crippen molar-refractivity contribution >= 4 is 33.3 Å². The number of carbonyl (C=O) groups is 1. The summed E-state index contributed by atoms with van der Waals surface area (Å²) in [6.07, 6.45) is 2.24. The number of amides is 1. The molecule has 0 spiro atoms. The van der Waals surface area contributed by atoms with E-state index in [1.165, 1.54) is 11.3 Å². The Morgan fingerprint density at radius 3 is 3.00 bits per heavy atom. The summed E-state index contributed by atoms with van der Waals surface area (Å²) in [6.45, 7) is 1.58. The van der Waals surface area contributed by atoms with Gasteiger partial charge in [0.05, 0.1) is 23.3 Å². The highest BCUT2D eigenvalue weighted by molar-refractivity contribution is 7.13. The molecule has 0 bridgehead atoms. The number of aromatic nitrogens is 3. The number of nitrogens with one attached hydrogen (secondary N) is 1. The smallest absolute Gasteiger partial charge is 0.232 e. The zero-order valence-corrected chi connectivity index (χ0v) is 14.9. The van der Waals surface area contributed by atoms with Gasteiger partial charge in [-0.25, -0.2) is 4.98 Å². The predicted molar refractivity (Wildman–Crippen MR) is 98.0 cm³/mol. The summed E-state index contributed by atoms with van der Waals surface area (Å²) < 4.78 is 7.20. The van der Waals surface area contributed by atoms with Crippen LogP contribution in [0.25, 0.3) is 10.9 Å². The first-order valence-electron chi connectivity index (χ1n) is 8.44. The molecule has 0 radical (unpaired) electrons. The SMILES string of the molecule is Cn1nc(CC(=O)Nc2nc(C3CCOCC3)cs2)c2ccccc21. The lowest BCUT2D eigenvalue weighted by Gasteiger charge is -2.19. The molecule has 1 N–H and O–H groups in total. The second kappa shape index (κ2) is 6.93. The molecule has 6 nitrogen and oxygen atoms in total. The number of carbonyl (C=O) groups excluding carboxylic acids is 1. The van der Waals surface area contributed by atoms with Crippen LogP contribution in [0, 0.1) is 0 Å². The van der Waals surface area contributed by atoms with Gasteiger partial charge in [-0.15, -0.1) is 11.3 Å². The van der Waals surface area contributed by atoms with Crippen LogP contribution in [-0.4, -0.2) is 33.9 Å². The summed E-state index contributed by atoms with van der Waals surface area (Å²) in [5.41, 5.74) is 2.88. The molecule has 4 rings (SSSR count). The number of ether oxygens (including phenoxy) is 1. The van der Waals surface area contributed by atoms with Crippen molar-refractivity contribution < 1.29 is 9.53 Å². The monoisotopic (exact) mass is 356 g/mol. The van der Waals surface area contributed by atoms with Crippen LogP contribution < -0.4 is 5.32 Å². The molecule has 7 heteroatoms. The zero-order chi connectivity index (χ0) is 17.2. The van der Waals surface area contributed by atoms with Gasteiger partial charge in [-0.3, -0.25) is 9.48 Å². The number of hydrogen-bond donors (Lipinski definition) is 1. The van der Waals surface area contributed by atoms with E-state index >= 15 is 0 Å². The maximum Gasteiger partial charge on any atom is 0.232 e. The third-order valence-corrected chi connectivity index (χ3v) is 5.35.